The number of ether oxygens (including phenoxy) is 1. The zero-order valence-corrected chi connectivity index (χ0v) is 18.9. The smallest absolute Gasteiger partial charge is 0.407 e. The van der Waals surface area contributed by atoms with Crippen LogP contribution >= 0.6 is 0 Å². The summed E-state index contributed by atoms with van der Waals surface area (Å²) in [5, 5.41) is 14.2. The zero-order valence-electron chi connectivity index (χ0n) is 18.9. The first-order valence-corrected chi connectivity index (χ1v) is 11.1. The molecule has 7 nitrogen and oxygen atoms in total. The van der Waals surface area contributed by atoms with Crippen molar-refractivity contribution in [1.29, 1.82) is 0 Å². The molecule has 0 aromatic heterocycles. The summed E-state index contributed by atoms with van der Waals surface area (Å²) in [4.78, 5) is 36.3. The van der Waals surface area contributed by atoms with Crippen LogP contribution in [-0.2, 0) is 20.7 Å². The van der Waals surface area contributed by atoms with Gasteiger partial charge < -0.3 is 20.5 Å². The minimum absolute atomic E-state index is 0.0369. The van der Waals surface area contributed by atoms with Gasteiger partial charge in [-0.1, -0.05) is 60.7 Å². The highest BCUT2D eigenvalue weighted by Crippen LogP contribution is 2.44. The molecular formula is C28H24N2O5. The number of anilines is 1. The first-order chi connectivity index (χ1) is 17.0. The standard InChI is InChI=1S/C28H24N2O5/c1-2-8-25(27(33)29-19-10-7-9-18(15-19)16-26(31)32)30-28(34)35-17-24-22-13-5-3-11-20(22)21-12-4-6-14-23(21)24/h1,3-7,9-15,24-25H,8,16-17H2,(H,29,33)(H,30,34)(H,31,32). The second kappa shape index (κ2) is 10.6. The third-order valence-electron chi connectivity index (χ3n) is 5.82. The third-order valence-corrected chi connectivity index (χ3v) is 5.82. The molecule has 3 aromatic rings. The molecule has 1 aliphatic carbocycles. The Labute approximate surface area is 203 Å². The molecule has 1 atom stereocenters. The van der Waals surface area contributed by atoms with Crippen LogP contribution in [-0.4, -0.2) is 35.7 Å². The van der Waals surface area contributed by atoms with Gasteiger partial charge >= 0.3 is 12.1 Å². The number of carboxylic acids is 1. The van der Waals surface area contributed by atoms with Gasteiger partial charge in [-0.25, -0.2) is 4.79 Å². The Morgan fingerprint density at radius 1 is 0.971 bits per heavy atom. The molecule has 0 aliphatic heterocycles. The lowest BCUT2D eigenvalue weighted by Gasteiger charge is -2.18. The average Bonchev–Trinajstić information content (AvgIpc) is 3.16. The first-order valence-electron chi connectivity index (χ1n) is 11.1. The van der Waals surface area contributed by atoms with E-state index in [1.165, 1.54) is 0 Å². The molecule has 0 fully saturated rings. The number of carboxylic acid groups (broad SMARTS) is 1. The van der Waals surface area contributed by atoms with Gasteiger partial charge in [0.15, 0.2) is 0 Å². The molecule has 2 amide bonds. The number of benzene rings is 3. The highest BCUT2D eigenvalue weighted by Gasteiger charge is 2.29. The fourth-order valence-electron chi connectivity index (χ4n) is 4.27. The largest absolute Gasteiger partial charge is 0.481 e. The van der Waals surface area contributed by atoms with Crippen molar-refractivity contribution in [2.75, 3.05) is 11.9 Å². The number of nitrogens with one attached hydrogen (secondary N) is 2. The third kappa shape index (κ3) is 5.50. The van der Waals surface area contributed by atoms with Gasteiger partial charge in [0.25, 0.3) is 0 Å². The van der Waals surface area contributed by atoms with Gasteiger partial charge in [0.2, 0.25) is 5.91 Å². The second-order valence-corrected chi connectivity index (χ2v) is 8.19. The van der Waals surface area contributed by atoms with E-state index in [4.69, 9.17) is 16.3 Å². The van der Waals surface area contributed by atoms with E-state index in [1.54, 1.807) is 24.3 Å². The minimum Gasteiger partial charge on any atom is -0.481 e. The van der Waals surface area contributed by atoms with Gasteiger partial charge in [-0.2, -0.15) is 0 Å². The molecule has 176 valence electrons. The quantitative estimate of drug-likeness (QED) is 0.430. The maximum Gasteiger partial charge on any atom is 0.407 e. The molecule has 35 heavy (non-hydrogen) atoms. The van der Waals surface area contributed by atoms with Crippen LogP contribution in [0.1, 0.15) is 29.0 Å². The summed E-state index contributed by atoms with van der Waals surface area (Å²) in [7, 11) is 0. The Morgan fingerprint density at radius 2 is 1.63 bits per heavy atom. The highest BCUT2D eigenvalue weighted by atomic mass is 16.5. The van der Waals surface area contributed by atoms with Crippen LogP contribution in [0.15, 0.2) is 72.8 Å². The van der Waals surface area contributed by atoms with Crippen molar-refractivity contribution >= 4 is 23.7 Å². The highest BCUT2D eigenvalue weighted by molar-refractivity contribution is 5.97. The molecule has 1 unspecified atom stereocenters. The average molecular weight is 469 g/mol. The molecule has 0 bridgehead atoms. The fourth-order valence-corrected chi connectivity index (χ4v) is 4.27. The van der Waals surface area contributed by atoms with Crippen molar-refractivity contribution in [3.63, 3.8) is 0 Å². The van der Waals surface area contributed by atoms with Gasteiger partial charge in [-0.15, -0.1) is 12.3 Å². The number of amides is 2. The van der Waals surface area contributed by atoms with Gasteiger partial charge in [0, 0.05) is 18.0 Å². The molecule has 0 radical (unpaired) electrons. The second-order valence-electron chi connectivity index (χ2n) is 8.19. The van der Waals surface area contributed by atoms with Crippen LogP contribution in [0.25, 0.3) is 11.1 Å². The Kier molecular flexibility index (Phi) is 7.12. The molecule has 1 aliphatic rings. The van der Waals surface area contributed by atoms with Crippen molar-refractivity contribution in [2.45, 2.75) is 24.8 Å². The number of carbonyl (C=O) groups excluding carboxylic acids is 2. The van der Waals surface area contributed by atoms with E-state index >= 15 is 0 Å². The van der Waals surface area contributed by atoms with Crippen molar-refractivity contribution in [3.05, 3.63) is 89.5 Å². The molecule has 3 aromatic carbocycles. The summed E-state index contributed by atoms with van der Waals surface area (Å²) in [6.45, 7) is 0.113. The van der Waals surface area contributed by atoms with Gasteiger partial charge in [0.1, 0.15) is 12.6 Å². The SMILES string of the molecule is C#CCC(NC(=O)OCC1c2ccccc2-c2ccccc21)C(=O)Nc1cccc(CC(=O)O)c1. The summed E-state index contributed by atoms with van der Waals surface area (Å²) >= 11 is 0. The topological polar surface area (TPSA) is 105 Å². The van der Waals surface area contributed by atoms with E-state index in [-0.39, 0.29) is 25.4 Å². The summed E-state index contributed by atoms with van der Waals surface area (Å²) in [5.74, 6) is 0.785. The van der Waals surface area contributed by atoms with E-state index in [1.807, 2.05) is 48.5 Å². The van der Waals surface area contributed by atoms with Gasteiger partial charge in [0.05, 0.1) is 6.42 Å². The maximum absolute atomic E-state index is 12.8. The molecule has 3 N–H and O–H groups in total. The van der Waals surface area contributed by atoms with E-state index in [9.17, 15) is 14.4 Å². The van der Waals surface area contributed by atoms with E-state index in [0.29, 0.717) is 11.3 Å². The molecule has 0 heterocycles. The van der Waals surface area contributed by atoms with Crippen LogP contribution in [0.2, 0.25) is 0 Å². The van der Waals surface area contributed by atoms with Crippen molar-refractivity contribution in [2.24, 2.45) is 0 Å². The Morgan fingerprint density at radius 3 is 2.26 bits per heavy atom. The molecule has 7 heteroatoms. The van der Waals surface area contributed by atoms with Crippen LogP contribution in [0.5, 0.6) is 0 Å². The van der Waals surface area contributed by atoms with Crippen LogP contribution in [0.3, 0.4) is 0 Å². The predicted molar refractivity (Wildman–Crippen MR) is 132 cm³/mol. The number of hydrogen-bond donors (Lipinski definition) is 3. The number of alkyl carbamates (subject to hydrolysis) is 1. The van der Waals surface area contributed by atoms with Crippen molar-refractivity contribution < 1.29 is 24.2 Å². The summed E-state index contributed by atoms with van der Waals surface area (Å²) in [5.41, 5.74) is 5.35. The minimum atomic E-state index is -1.02. The Balaban J connectivity index is 1.39. The number of rotatable bonds is 8. The molecule has 0 saturated carbocycles. The number of carbonyl (C=O) groups is 3. The summed E-state index contributed by atoms with van der Waals surface area (Å²) < 4.78 is 5.52. The Bertz CT molecular complexity index is 1260. The van der Waals surface area contributed by atoms with Gasteiger partial charge in [-0.05, 0) is 39.9 Å². The maximum atomic E-state index is 12.8. The van der Waals surface area contributed by atoms with E-state index in [0.717, 1.165) is 22.3 Å². The molecule has 4 rings (SSSR count). The Hall–Kier alpha value is -4.57. The molecule has 0 saturated heterocycles. The summed E-state index contributed by atoms with van der Waals surface area (Å²) in [6.07, 6.45) is 4.45. The number of terminal acetylenes is 1. The van der Waals surface area contributed by atoms with Crippen LogP contribution in [0.4, 0.5) is 10.5 Å². The number of aliphatic carboxylic acids is 1. The summed E-state index contributed by atoms with van der Waals surface area (Å²) in [6, 6.07) is 21.5. The first kappa shape index (κ1) is 23.6. The monoisotopic (exact) mass is 468 g/mol. The predicted octanol–water partition coefficient (Wildman–Crippen LogP) is 4.18. The normalized spacial score (nSPS) is 12.5. The molecule has 0 spiro atoms. The lowest BCUT2D eigenvalue weighted by molar-refractivity contribution is -0.136. The van der Waals surface area contributed by atoms with Crippen molar-refractivity contribution in [1.82, 2.24) is 5.32 Å². The van der Waals surface area contributed by atoms with E-state index in [2.05, 4.69) is 16.6 Å². The zero-order chi connectivity index (χ0) is 24.8. The van der Waals surface area contributed by atoms with Crippen LogP contribution < -0.4 is 10.6 Å². The van der Waals surface area contributed by atoms with E-state index < -0.39 is 24.0 Å². The van der Waals surface area contributed by atoms with Crippen molar-refractivity contribution in [3.8, 4) is 23.5 Å². The fraction of sp³-hybridized carbons (Fsp3) is 0.179. The number of fused-ring (bicyclic) bond motifs is 3. The number of hydrogen-bond acceptors (Lipinski definition) is 4. The molecular weight excluding hydrogens is 444 g/mol. The lowest BCUT2D eigenvalue weighted by atomic mass is 9.98. The lowest BCUT2D eigenvalue weighted by Crippen LogP contribution is -2.44. The van der Waals surface area contributed by atoms with Crippen LogP contribution in [0, 0.1) is 12.3 Å². The van der Waals surface area contributed by atoms with Gasteiger partial charge in [-0.3, -0.25) is 9.59 Å².